The average molecular weight is 483 g/mol. The zero-order chi connectivity index (χ0) is 24.4. The number of hydrogen-bond acceptors (Lipinski definition) is 3. The Hall–Kier alpha value is -1.07. The zero-order valence-electron chi connectivity index (χ0n) is 21.6. The SMILES string of the molecule is CCCCCCCCCc1cccc(OCC(CC)S(=O)(=O)O)c1CCCCCCCCC. The molecule has 0 spiro atoms. The van der Waals surface area contributed by atoms with Gasteiger partial charge in [0, 0.05) is 0 Å². The first kappa shape index (κ1) is 30.0. The molecule has 1 unspecified atom stereocenters. The van der Waals surface area contributed by atoms with Crippen molar-refractivity contribution in [1.82, 2.24) is 0 Å². The lowest BCUT2D eigenvalue weighted by Gasteiger charge is -2.18. The van der Waals surface area contributed by atoms with Crippen LogP contribution in [0, 0.1) is 0 Å². The van der Waals surface area contributed by atoms with Gasteiger partial charge in [0.1, 0.15) is 17.6 Å². The molecule has 4 nitrogen and oxygen atoms in total. The number of benzene rings is 1. The molecule has 192 valence electrons. The van der Waals surface area contributed by atoms with Crippen LogP contribution < -0.4 is 4.74 Å². The third-order valence-electron chi connectivity index (χ3n) is 6.61. The highest BCUT2D eigenvalue weighted by atomic mass is 32.2. The largest absolute Gasteiger partial charge is 0.492 e. The Labute approximate surface area is 204 Å². The van der Waals surface area contributed by atoms with E-state index in [1.54, 1.807) is 6.92 Å². The Balaban J connectivity index is 2.72. The second-order valence-electron chi connectivity index (χ2n) is 9.49. The maximum atomic E-state index is 11.6. The van der Waals surface area contributed by atoms with Crippen LogP contribution in [0.2, 0.25) is 0 Å². The van der Waals surface area contributed by atoms with Crippen LogP contribution >= 0.6 is 0 Å². The first-order chi connectivity index (χ1) is 15.9. The Kier molecular flexibility index (Phi) is 16.6. The van der Waals surface area contributed by atoms with E-state index in [0.717, 1.165) is 25.0 Å². The molecule has 1 aromatic carbocycles. The molecule has 0 aliphatic rings. The van der Waals surface area contributed by atoms with Gasteiger partial charge in [0.25, 0.3) is 10.1 Å². The van der Waals surface area contributed by atoms with Gasteiger partial charge in [0.15, 0.2) is 0 Å². The van der Waals surface area contributed by atoms with E-state index in [1.807, 2.05) is 12.1 Å². The van der Waals surface area contributed by atoms with Gasteiger partial charge < -0.3 is 4.74 Å². The molecule has 0 aliphatic carbocycles. The first-order valence-corrected chi connectivity index (χ1v) is 15.1. The molecule has 1 aromatic rings. The van der Waals surface area contributed by atoms with Gasteiger partial charge in [-0.15, -0.1) is 0 Å². The zero-order valence-corrected chi connectivity index (χ0v) is 22.4. The summed E-state index contributed by atoms with van der Waals surface area (Å²) >= 11 is 0. The molecule has 1 rings (SSSR count). The molecule has 0 amide bonds. The molecule has 0 saturated heterocycles. The van der Waals surface area contributed by atoms with Crippen LogP contribution in [-0.2, 0) is 23.0 Å². The van der Waals surface area contributed by atoms with Gasteiger partial charge in [0.05, 0.1) is 0 Å². The maximum Gasteiger partial charge on any atom is 0.271 e. The Morgan fingerprint density at radius 3 is 1.79 bits per heavy atom. The second-order valence-corrected chi connectivity index (χ2v) is 11.2. The number of rotatable bonds is 21. The van der Waals surface area contributed by atoms with Gasteiger partial charge in [-0.2, -0.15) is 8.42 Å². The number of unbranched alkanes of at least 4 members (excludes halogenated alkanes) is 12. The first-order valence-electron chi connectivity index (χ1n) is 13.6. The van der Waals surface area contributed by atoms with Crippen molar-refractivity contribution < 1.29 is 17.7 Å². The molecule has 1 atom stereocenters. The predicted octanol–water partition coefficient (Wildman–Crippen LogP) is 8.32. The van der Waals surface area contributed by atoms with Crippen LogP contribution in [0.4, 0.5) is 0 Å². The van der Waals surface area contributed by atoms with Gasteiger partial charge in [0.2, 0.25) is 0 Å². The lowest BCUT2D eigenvalue weighted by atomic mass is 9.95. The van der Waals surface area contributed by atoms with Crippen LogP contribution in [0.3, 0.4) is 0 Å². The van der Waals surface area contributed by atoms with E-state index >= 15 is 0 Å². The predicted molar refractivity (Wildman–Crippen MR) is 141 cm³/mol. The van der Waals surface area contributed by atoms with Gasteiger partial charge in [-0.3, -0.25) is 4.55 Å². The lowest BCUT2D eigenvalue weighted by Crippen LogP contribution is -2.27. The molecular formula is C28H50O4S. The molecule has 0 aliphatic heterocycles. The quantitative estimate of drug-likeness (QED) is 0.141. The third kappa shape index (κ3) is 13.4. The highest BCUT2D eigenvalue weighted by Gasteiger charge is 2.22. The summed E-state index contributed by atoms with van der Waals surface area (Å²) in [5.41, 5.74) is 2.58. The molecule has 33 heavy (non-hydrogen) atoms. The summed E-state index contributed by atoms with van der Waals surface area (Å²) in [5, 5.41) is -0.879. The maximum absolute atomic E-state index is 11.6. The van der Waals surface area contributed by atoms with Crippen molar-refractivity contribution in [3.8, 4) is 5.75 Å². The topological polar surface area (TPSA) is 63.6 Å². The summed E-state index contributed by atoms with van der Waals surface area (Å²) in [6.45, 7) is 6.26. The van der Waals surface area contributed by atoms with Gasteiger partial charge >= 0.3 is 0 Å². The van der Waals surface area contributed by atoms with Crippen LogP contribution in [0.15, 0.2) is 18.2 Å². The smallest absolute Gasteiger partial charge is 0.271 e. The molecular weight excluding hydrogens is 432 g/mol. The number of ether oxygens (including phenoxy) is 1. The second kappa shape index (κ2) is 18.3. The van der Waals surface area contributed by atoms with E-state index in [9.17, 15) is 13.0 Å². The van der Waals surface area contributed by atoms with E-state index in [1.165, 1.54) is 94.6 Å². The Morgan fingerprint density at radius 2 is 1.27 bits per heavy atom. The fourth-order valence-corrected chi connectivity index (χ4v) is 5.05. The highest BCUT2D eigenvalue weighted by Crippen LogP contribution is 2.27. The van der Waals surface area contributed by atoms with Crippen molar-refractivity contribution in [3.05, 3.63) is 29.3 Å². The summed E-state index contributed by atoms with van der Waals surface area (Å²) in [5.74, 6) is 0.795. The Bertz CT molecular complexity index is 715. The molecule has 0 aromatic heterocycles. The molecule has 1 N–H and O–H groups in total. The minimum Gasteiger partial charge on any atom is -0.492 e. The van der Waals surface area contributed by atoms with Crippen molar-refractivity contribution in [1.29, 1.82) is 0 Å². The van der Waals surface area contributed by atoms with Crippen molar-refractivity contribution in [2.24, 2.45) is 0 Å². The van der Waals surface area contributed by atoms with Crippen LogP contribution in [0.25, 0.3) is 0 Å². The van der Waals surface area contributed by atoms with Crippen LogP contribution in [-0.4, -0.2) is 24.8 Å². The van der Waals surface area contributed by atoms with Gasteiger partial charge in [-0.1, -0.05) is 110 Å². The van der Waals surface area contributed by atoms with Crippen molar-refractivity contribution in [2.75, 3.05) is 6.61 Å². The summed E-state index contributed by atoms with van der Waals surface area (Å²) in [6.07, 6.45) is 20.2. The lowest BCUT2D eigenvalue weighted by molar-refractivity contribution is 0.298. The monoisotopic (exact) mass is 482 g/mol. The minimum absolute atomic E-state index is 0.000231. The molecule has 0 saturated carbocycles. The summed E-state index contributed by atoms with van der Waals surface area (Å²) in [7, 11) is -4.09. The van der Waals surface area contributed by atoms with Crippen LogP contribution in [0.5, 0.6) is 5.75 Å². The fraction of sp³-hybridized carbons (Fsp3) is 0.786. The van der Waals surface area contributed by atoms with Crippen molar-refractivity contribution in [3.63, 3.8) is 0 Å². The van der Waals surface area contributed by atoms with E-state index in [2.05, 4.69) is 19.9 Å². The summed E-state index contributed by atoms with van der Waals surface area (Å²) in [4.78, 5) is 0. The molecule has 5 heteroatoms. The minimum atomic E-state index is -4.09. The Morgan fingerprint density at radius 1 is 0.758 bits per heavy atom. The van der Waals surface area contributed by atoms with Gasteiger partial charge in [-0.05, 0) is 49.3 Å². The van der Waals surface area contributed by atoms with Crippen LogP contribution in [0.1, 0.15) is 128 Å². The molecule has 0 bridgehead atoms. The van der Waals surface area contributed by atoms with E-state index in [-0.39, 0.29) is 6.61 Å². The number of aryl methyl sites for hydroxylation is 1. The van der Waals surface area contributed by atoms with E-state index in [0.29, 0.717) is 6.42 Å². The molecule has 0 heterocycles. The van der Waals surface area contributed by atoms with Gasteiger partial charge in [-0.25, -0.2) is 0 Å². The fourth-order valence-electron chi connectivity index (χ4n) is 4.39. The standard InChI is InChI=1S/C28H50O4S/c1-4-7-9-11-13-15-17-20-25-21-19-23-28(32-24-26(6-3)33(29,30)31)27(25)22-18-16-14-12-10-8-5-2/h19,21,23,26H,4-18,20,22,24H2,1-3H3,(H,29,30,31). The highest BCUT2D eigenvalue weighted by molar-refractivity contribution is 7.86. The van der Waals surface area contributed by atoms with E-state index in [4.69, 9.17) is 4.74 Å². The summed E-state index contributed by atoms with van der Waals surface area (Å²) < 4.78 is 38.7. The summed E-state index contributed by atoms with van der Waals surface area (Å²) in [6, 6.07) is 6.19. The third-order valence-corrected chi connectivity index (χ3v) is 7.92. The van der Waals surface area contributed by atoms with Crippen molar-refractivity contribution >= 4 is 10.1 Å². The van der Waals surface area contributed by atoms with E-state index < -0.39 is 15.4 Å². The number of hydrogen-bond donors (Lipinski definition) is 1. The molecule has 0 fully saturated rings. The normalized spacial score (nSPS) is 12.7. The molecule has 0 radical (unpaired) electrons. The van der Waals surface area contributed by atoms with Crippen molar-refractivity contribution in [2.45, 2.75) is 135 Å². The average Bonchev–Trinajstić information content (AvgIpc) is 2.78.